The minimum absolute atomic E-state index is 0.617. The second kappa shape index (κ2) is 5.72. The molecule has 0 aromatic heterocycles. The van der Waals surface area contributed by atoms with Crippen LogP contribution in [-0.2, 0) is 25.2 Å². The highest BCUT2D eigenvalue weighted by atomic mass is 31.2. The van der Waals surface area contributed by atoms with Crippen LogP contribution >= 0.6 is 7.60 Å². The fraction of sp³-hybridized carbons (Fsp3) is 0.0645. The van der Waals surface area contributed by atoms with E-state index in [2.05, 4.69) is 6.07 Å². The van der Waals surface area contributed by atoms with Crippen LogP contribution in [0.25, 0.3) is 291 Å². The molecule has 1 unspecified atom stereocenters. The van der Waals surface area contributed by atoms with Crippen LogP contribution in [0.4, 0.5) is 0 Å². The van der Waals surface area contributed by atoms with Crippen LogP contribution in [0.3, 0.4) is 0 Å². The van der Waals surface area contributed by atoms with Crippen molar-refractivity contribution >= 4 is 298 Å². The topological polar surface area (TPSA) is 35.5 Å². The van der Waals surface area contributed by atoms with Crippen molar-refractivity contribution in [3.8, 4) is 0 Å². The molecule has 28 aromatic carbocycles. The van der Waals surface area contributed by atoms with Gasteiger partial charge < -0.3 is 9.05 Å². The van der Waals surface area contributed by atoms with Crippen molar-refractivity contribution in [3.63, 3.8) is 0 Å². The van der Waals surface area contributed by atoms with Crippen molar-refractivity contribution in [3.05, 3.63) is 22.8 Å². The first-order chi connectivity index (χ1) is 32.7. The highest BCUT2D eigenvalue weighted by Crippen LogP contribution is 2.84. The Kier molecular flexibility index (Phi) is 2.20. The Morgan fingerprint density at radius 3 is 0.833 bits per heavy atom. The molecule has 0 amide bonds. The van der Waals surface area contributed by atoms with Crippen LogP contribution in [0.15, 0.2) is 6.07 Å². The lowest BCUT2D eigenvalue weighted by Crippen LogP contribution is -2.32. The van der Waals surface area contributed by atoms with Gasteiger partial charge in [-0.15, -0.1) is 0 Å². The van der Waals surface area contributed by atoms with Gasteiger partial charge in [0, 0.05) is 14.2 Å². The molecule has 0 fully saturated rings. The molecule has 3 nitrogen and oxygen atoms in total. The first-order valence-corrected chi connectivity index (χ1v) is 25.7. The highest BCUT2D eigenvalue weighted by molar-refractivity contribution is 7.55. The maximum atomic E-state index is 17.0. The molecule has 66 heavy (non-hydrogen) atoms. The molecule has 2 aliphatic carbocycles. The number of benzene rings is 18. The summed E-state index contributed by atoms with van der Waals surface area (Å²) in [5, 5.41) is 81.3. The Balaban J connectivity index is 1.28. The van der Waals surface area contributed by atoms with Crippen LogP contribution in [0.2, 0.25) is 0 Å². The minimum atomic E-state index is -3.95. The van der Waals surface area contributed by atoms with Gasteiger partial charge in [-0.2, -0.15) is 0 Å². The molecule has 0 N–H and O–H groups in total. The zero-order valence-corrected chi connectivity index (χ0v) is 34.9. The number of fused-ring (bicyclic) bond motifs is 5. The van der Waals surface area contributed by atoms with E-state index in [-0.39, 0.29) is 0 Å². The normalized spacial score (nSPS) is 20.2. The second-order valence-electron chi connectivity index (χ2n) is 23.6. The molecule has 28 aromatic rings. The summed E-state index contributed by atoms with van der Waals surface area (Å²) in [6.45, 7) is 0. The van der Waals surface area contributed by atoms with E-state index < -0.39 is 12.8 Å². The predicted octanol–water partition coefficient (Wildman–Crippen LogP) is 17.7. The molecule has 280 valence electrons. The third-order valence-electron chi connectivity index (χ3n) is 23.4. The predicted molar refractivity (Wildman–Crippen MR) is 278 cm³/mol. The van der Waals surface area contributed by atoms with E-state index in [0.717, 1.165) is 0 Å². The van der Waals surface area contributed by atoms with Crippen LogP contribution in [0.5, 0.6) is 0 Å². The van der Waals surface area contributed by atoms with Crippen LogP contribution in [0.1, 0.15) is 16.7 Å². The number of hydrogen-bond donors (Lipinski definition) is 0. The summed E-state index contributed by atoms with van der Waals surface area (Å²) < 4.78 is 30.5. The SMILES string of the molecule is COP(=O)(OC)C12Cc3c4c5c1c1c6c2c2c7cc8c3c3c9c4c4c5c5c1c1c%10c6c6c2c2c7c7c8c8c3c3c9c9c4c4c5c1c1c5c%10c6c6c2c2c7c8c7c3c3c9c4c1c1c5c6c2c7c31. The first-order valence-electron chi connectivity index (χ1n) is 24.1. The zero-order valence-electron chi connectivity index (χ0n) is 34.0. The van der Waals surface area contributed by atoms with E-state index in [9.17, 15) is 0 Å². The Hall–Kier alpha value is -7.39. The van der Waals surface area contributed by atoms with Gasteiger partial charge in [0.05, 0.1) is 0 Å². The van der Waals surface area contributed by atoms with Gasteiger partial charge in [-0.25, -0.2) is 0 Å². The summed E-state index contributed by atoms with van der Waals surface area (Å²) >= 11 is 0. The molecule has 0 aliphatic heterocycles. The maximum Gasteiger partial charge on any atom is 0.345 e. The van der Waals surface area contributed by atoms with E-state index in [1.54, 1.807) is 176 Å². The van der Waals surface area contributed by atoms with Crippen molar-refractivity contribution in [2.45, 2.75) is 11.6 Å². The van der Waals surface area contributed by atoms with Gasteiger partial charge in [0.1, 0.15) is 5.16 Å². The number of rotatable bonds is 3. The largest absolute Gasteiger partial charge is 0.345 e. The van der Waals surface area contributed by atoms with E-state index in [1.807, 2.05) is 0 Å². The Morgan fingerprint density at radius 2 is 0.500 bits per heavy atom. The molecule has 2 aliphatic rings. The monoisotopic (exact) mass is 832 g/mol. The Morgan fingerprint density at radius 1 is 0.288 bits per heavy atom. The third kappa shape index (κ3) is 1.35. The van der Waals surface area contributed by atoms with Gasteiger partial charge >= 0.3 is 7.60 Å². The van der Waals surface area contributed by atoms with Gasteiger partial charge in [0.15, 0.2) is 0 Å². The third-order valence-corrected chi connectivity index (χ3v) is 25.9. The smallest absolute Gasteiger partial charge is 0.311 e. The average Bonchev–Trinajstić information content (AvgIpc) is 4.19. The lowest BCUT2D eigenvalue weighted by Gasteiger charge is -2.40. The van der Waals surface area contributed by atoms with E-state index >= 15 is 4.57 Å². The zero-order chi connectivity index (χ0) is 39.7. The molecule has 0 saturated heterocycles. The molecule has 0 spiro atoms. The molecule has 1 atom stereocenters. The molecular weight excluding hydrogens is 824 g/mol. The van der Waals surface area contributed by atoms with Crippen molar-refractivity contribution < 1.29 is 13.6 Å². The molecule has 0 saturated carbocycles. The summed E-state index contributed by atoms with van der Waals surface area (Å²) in [5.41, 5.74) is 3.97. The van der Waals surface area contributed by atoms with Gasteiger partial charge in [-0.1, -0.05) is 0 Å². The molecule has 4 heteroatoms. The molecule has 0 heterocycles. The van der Waals surface area contributed by atoms with Crippen LogP contribution in [-0.4, -0.2) is 14.2 Å². The van der Waals surface area contributed by atoms with Gasteiger partial charge in [-0.05, 0) is 320 Å². The van der Waals surface area contributed by atoms with Crippen molar-refractivity contribution in [2.24, 2.45) is 0 Å². The molecule has 0 radical (unpaired) electrons. The van der Waals surface area contributed by atoms with E-state index in [1.165, 1.54) is 146 Å². The lowest BCUT2D eigenvalue weighted by atomic mass is 9.76. The van der Waals surface area contributed by atoms with Crippen LogP contribution in [0, 0.1) is 0 Å². The first kappa shape index (κ1) is 25.3. The fourth-order valence-electron chi connectivity index (χ4n) is 23.1. The highest BCUT2D eigenvalue weighted by Gasteiger charge is 2.63. The van der Waals surface area contributed by atoms with Crippen molar-refractivity contribution in [2.75, 3.05) is 14.2 Å². The summed E-state index contributed by atoms with van der Waals surface area (Å²) in [4.78, 5) is 0. The lowest BCUT2D eigenvalue weighted by molar-refractivity contribution is 0.253. The Bertz CT molecular complexity index is 7160. The van der Waals surface area contributed by atoms with Crippen molar-refractivity contribution in [1.29, 1.82) is 0 Å². The van der Waals surface area contributed by atoms with Crippen LogP contribution < -0.4 is 0 Å². The average molecular weight is 833 g/mol. The molecule has 30 rings (SSSR count). The molecule has 0 bridgehead atoms. The van der Waals surface area contributed by atoms with Gasteiger partial charge in [0.25, 0.3) is 0 Å². The van der Waals surface area contributed by atoms with Gasteiger partial charge in [0.2, 0.25) is 0 Å². The molecular formula is C62H9O3P. The van der Waals surface area contributed by atoms with E-state index in [0.29, 0.717) is 6.42 Å². The van der Waals surface area contributed by atoms with E-state index in [4.69, 9.17) is 9.05 Å². The van der Waals surface area contributed by atoms with Crippen molar-refractivity contribution in [1.82, 2.24) is 0 Å². The summed E-state index contributed by atoms with van der Waals surface area (Å²) in [6, 6.07) is 2.73. The summed E-state index contributed by atoms with van der Waals surface area (Å²) in [6.07, 6.45) is 0.617. The summed E-state index contributed by atoms with van der Waals surface area (Å²) in [7, 11) is -0.557. The maximum absolute atomic E-state index is 17.0. The number of hydrogen-bond acceptors (Lipinski definition) is 3. The van der Waals surface area contributed by atoms with Gasteiger partial charge in [-0.3, -0.25) is 4.57 Å². The minimum Gasteiger partial charge on any atom is -0.311 e. The summed E-state index contributed by atoms with van der Waals surface area (Å²) in [5.74, 6) is 0. The second-order valence-corrected chi connectivity index (χ2v) is 26.1. The Labute approximate surface area is 358 Å². The fourth-order valence-corrected chi connectivity index (χ4v) is 25.2. The quantitative estimate of drug-likeness (QED) is 0.131. The standard InChI is InChI=1S/C62H9O3P/c1-64-66(63,65-2)62-4-7-8-5-3-6-10-14-9(5)16-19-13(8)20-17-11(7)57-54-24(17)31-34-27(20)26(19)33-30-23(16)21(14)28-22-15(10)18-12(6)60(62)58-55-25(18)32-29(22)36-35(28)37(30)41-39(33)40(34)43-38(31)50-49-47-45(43)44(41)42(36)46(47)48(32)51(55)52(49)56(53(50)54)59(58)61(57)62/h3H,4H2,1-2H3.